The number of carbonyl (C=O) groups is 1. The van der Waals surface area contributed by atoms with Gasteiger partial charge in [-0.25, -0.2) is 4.79 Å². The zero-order chi connectivity index (χ0) is 17.5. The van der Waals surface area contributed by atoms with Gasteiger partial charge in [-0.2, -0.15) is 0 Å². The number of nitrogens with zero attached hydrogens (tertiary/aromatic N) is 2. The Kier molecular flexibility index (Phi) is 6.21. The number of methoxy groups -OCH3 is 1. The predicted molar refractivity (Wildman–Crippen MR) is 97.3 cm³/mol. The maximum absolute atomic E-state index is 12.3. The minimum Gasteiger partial charge on any atom is -0.497 e. The van der Waals surface area contributed by atoms with Crippen molar-refractivity contribution in [3.8, 4) is 5.75 Å². The van der Waals surface area contributed by atoms with Crippen LogP contribution in [0.4, 0.5) is 10.5 Å². The molecule has 0 aromatic heterocycles. The fraction of sp³-hybridized carbons (Fsp3) is 0.316. The second-order valence-electron chi connectivity index (χ2n) is 6.07. The lowest BCUT2D eigenvalue weighted by Crippen LogP contribution is -2.30. The Morgan fingerprint density at radius 2 is 1.46 bits per heavy atom. The predicted octanol–water partition coefficient (Wildman–Crippen LogP) is 3.42. The highest BCUT2D eigenvalue weighted by atomic mass is 16.5. The van der Waals surface area contributed by atoms with E-state index in [2.05, 4.69) is 34.5 Å². The Labute approximate surface area is 143 Å². The first kappa shape index (κ1) is 17.8. The van der Waals surface area contributed by atoms with Gasteiger partial charge in [0, 0.05) is 25.8 Å². The van der Waals surface area contributed by atoms with Crippen molar-refractivity contribution >= 4 is 11.7 Å². The molecule has 24 heavy (non-hydrogen) atoms. The highest BCUT2D eigenvalue weighted by Gasteiger charge is 2.09. The quantitative estimate of drug-likeness (QED) is 0.884. The van der Waals surface area contributed by atoms with Crippen LogP contribution in [0.5, 0.6) is 5.75 Å². The molecule has 1 N–H and O–H groups in total. The van der Waals surface area contributed by atoms with E-state index in [4.69, 9.17) is 4.74 Å². The van der Waals surface area contributed by atoms with Gasteiger partial charge in [-0.15, -0.1) is 0 Å². The maximum Gasteiger partial charge on any atom is 0.321 e. The molecular formula is C19H25N3O2. The monoisotopic (exact) mass is 327 g/mol. The second kappa shape index (κ2) is 8.36. The summed E-state index contributed by atoms with van der Waals surface area (Å²) in [5.74, 6) is 0.763. The fourth-order valence-electron chi connectivity index (χ4n) is 2.35. The summed E-state index contributed by atoms with van der Waals surface area (Å²) in [6.45, 7) is 1.47. The number of anilines is 1. The lowest BCUT2D eigenvalue weighted by atomic mass is 10.1. The van der Waals surface area contributed by atoms with Gasteiger partial charge in [-0.05, 0) is 49.5 Å². The van der Waals surface area contributed by atoms with E-state index in [-0.39, 0.29) is 6.03 Å². The van der Waals surface area contributed by atoms with Gasteiger partial charge in [0.15, 0.2) is 0 Å². The van der Waals surface area contributed by atoms with Crippen LogP contribution in [-0.4, -0.2) is 44.1 Å². The normalized spacial score (nSPS) is 10.5. The van der Waals surface area contributed by atoms with Gasteiger partial charge in [0.1, 0.15) is 5.75 Å². The van der Waals surface area contributed by atoms with Gasteiger partial charge in [-0.3, -0.25) is 0 Å². The van der Waals surface area contributed by atoms with Crippen LogP contribution in [0.15, 0.2) is 48.5 Å². The zero-order valence-corrected chi connectivity index (χ0v) is 14.7. The number of hydrogen-bond acceptors (Lipinski definition) is 3. The standard InChI is InChI=1S/C19H25N3O2/c1-21(2)13-15-5-7-16(8-6-15)14-22(3)19(23)20-17-9-11-18(24-4)12-10-17/h5-12H,13-14H2,1-4H3,(H,20,23). The van der Waals surface area contributed by atoms with Crippen molar-refractivity contribution in [2.75, 3.05) is 33.6 Å². The number of rotatable bonds is 6. The van der Waals surface area contributed by atoms with Crippen LogP contribution in [0.2, 0.25) is 0 Å². The molecule has 0 aliphatic carbocycles. The number of nitrogens with one attached hydrogen (secondary N) is 1. The van der Waals surface area contributed by atoms with E-state index in [1.165, 1.54) is 5.56 Å². The van der Waals surface area contributed by atoms with Gasteiger partial charge in [0.25, 0.3) is 0 Å². The van der Waals surface area contributed by atoms with Crippen molar-refractivity contribution < 1.29 is 9.53 Å². The first-order chi connectivity index (χ1) is 11.5. The topological polar surface area (TPSA) is 44.8 Å². The van der Waals surface area contributed by atoms with Crippen molar-refractivity contribution in [1.82, 2.24) is 9.80 Å². The van der Waals surface area contributed by atoms with Crippen molar-refractivity contribution in [2.24, 2.45) is 0 Å². The van der Waals surface area contributed by atoms with E-state index in [0.717, 1.165) is 23.5 Å². The fourth-order valence-corrected chi connectivity index (χ4v) is 2.35. The molecule has 0 saturated carbocycles. The summed E-state index contributed by atoms with van der Waals surface area (Å²) < 4.78 is 5.11. The molecule has 128 valence electrons. The van der Waals surface area contributed by atoms with Gasteiger partial charge >= 0.3 is 6.03 Å². The third-order valence-electron chi connectivity index (χ3n) is 3.63. The summed E-state index contributed by atoms with van der Waals surface area (Å²) >= 11 is 0. The first-order valence-corrected chi connectivity index (χ1v) is 7.86. The van der Waals surface area contributed by atoms with Crippen LogP contribution in [0.25, 0.3) is 0 Å². The van der Waals surface area contributed by atoms with E-state index in [1.54, 1.807) is 19.1 Å². The van der Waals surface area contributed by atoms with Crippen LogP contribution in [0, 0.1) is 0 Å². The smallest absolute Gasteiger partial charge is 0.321 e. The largest absolute Gasteiger partial charge is 0.497 e. The van der Waals surface area contributed by atoms with Gasteiger partial charge in [0.2, 0.25) is 0 Å². The molecule has 0 fully saturated rings. The minimum atomic E-state index is -0.141. The Bertz CT molecular complexity index is 651. The van der Waals surface area contributed by atoms with Crippen LogP contribution in [0.1, 0.15) is 11.1 Å². The van der Waals surface area contributed by atoms with E-state index < -0.39 is 0 Å². The average Bonchev–Trinajstić information content (AvgIpc) is 2.56. The SMILES string of the molecule is COc1ccc(NC(=O)N(C)Cc2ccc(CN(C)C)cc2)cc1. The minimum absolute atomic E-state index is 0.141. The number of amides is 2. The molecule has 5 nitrogen and oxygen atoms in total. The lowest BCUT2D eigenvalue weighted by Gasteiger charge is -2.18. The average molecular weight is 327 g/mol. The number of ether oxygens (including phenoxy) is 1. The molecule has 5 heteroatoms. The van der Waals surface area contributed by atoms with E-state index in [1.807, 2.05) is 38.4 Å². The molecule has 0 bridgehead atoms. The number of benzene rings is 2. The third kappa shape index (κ3) is 5.28. The highest BCUT2D eigenvalue weighted by molar-refractivity contribution is 5.89. The van der Waals surface area contributed by atoms with E-state index >= 15 is 0 Å². The Morgan fingerprint density at radius 3 is 1.96 bits per heavy atom. The van der Waals surface area contributed by atoms with Gasteiger partial charge < -0.3 is 19.9 Å². The van der Waals surface area contributed by atoms with Gasteiger partial charge in [-0.1, -0.05) is 24.3 Å². The molecule has 0 aliphatic rings. The summed E-state index contributed by atoms with van der Waals surface area (Å²) in [5, 5.41) is 2.88. The lowest BCUT2D eigenvalue weighted by molar-refractivity contribution is 0.220. The van der Waals surface area contributed by atoms with Crippen molar-refractivity contribution in [3.05, 3.63) is 59.7 Å². The zero-order valence-electron chi connectivity index (χ0n) is 14.7. The number of urea groups is 1. The molecule has 2 aromatic rings. The number of hydrogen-bond donors (Lipinski definition) is 1. The highest BCUT2D eigenvalue weighted by Crippen LogP contribution is 2.16. The van der Waals surface area contributed by atoms with E-state index in [9.17, 15) is 4.79 Å². The van der Waals surface area contributed by atoms with Crippen LogP contribution < -0.4 is 10.1 Å². The second-order valence-corrected chi connectivity index (χ2v) is 6.07. The molecule has 0 radical (unpaired) electrons. The molecule has 2 rings (SSSR count). The Hall–Kier alpha value is -2.53. The van der Waals surface area contributed by atoms with E-state index in [0.29, 0.717) is 6.54 Å². The third-order valence-corrected chi connectivity index (χ3v) is 3.63. The van der Waals surface area contributed by atoms with Crippen LogP contribution in [-0.2, 0) is 13.1 Å². The molecule has 2 amide bonds. The molecule has 0 atom stereocenters. The molecule has 2 aromatic carbocycles. The molecular weight excluding hydrogens is 302 g/mol. The van der Waals surface area contributed by atoms with Crippen molar-refractivity contribution in [2.45, 2.75) is 13.1 Å². The first-order valence-electron chi connectivity index (χ1n) is 7.86. The van der Waals surface area contributed by atoms with Crippen molar-refractivity contribution in [3.63, 3.8) is 0 Å². The summed E-state index contributed by atoms with van der Waals surface area (Å²) in [6, 6.07) is 15.5. The van der Waals surface area contributed by atoms with Crippen LogP contribution in [0.3, 0.4) is 0 Å². The summed E-state index contributed by atoms with van der Waals surface area (Å²) in [7, 11) is 7.49. The molecule has 0 spiro atoms. The molecule has 0 aliphatic heterocycles. The van der Waals surface area contributed by atoms with Gasteiger partial charge in [0.05, 0.1) is 7.11 Å². The van der Waals surface area contributed by atoms with Crippen molar-refractivity contribution in [1.29, 1.82) is 0 Å². The Balaban J connectivity index is 1.90. The number of carbonyl (C=O) groups excluding carboxylic acids is 1. The molecule has 0 saturated heterocycles. The molecule has 0 unspecified atom stereocenters. The molecule has 0 heterocycles. The summed E-state index contributed by atoms with van der Waals surface area (Å²) in [5.41, 5.74) is 3.10. The van der Waals surface area contributed by atoms with Crippen LogP contribution >= 0.6 is 0 Å². The summed E-state index contributed by atoms with van der Waals surface area (Å²) in [6.07, 6.45) is 0. The summed E-state index contributed by atoms with van der Waals surface area (Å²) in [4.78, 5) is 16.0. The Morgan fingerprint density at radius 1 is 0.917 bits per heavy atom. The maximum atomic E-state index is 12.3.